The van der Waals surface area contributed by atoms with E-state index in [1.807, 2.05) is 9.80 Å². The Balaban J connectivity index is 1.50. The van der Waals surface area contributed by atoms with Crippen LogP contribution in [0.25, 0.3) is 0 Å². The number of amides is 1. The van der Waals surface area contributed by atoms with Gasteiger partial charge in [0.1, 0.15) is 0 Å². The van der Waals surface area contributed by atoms with E-state index < -0.39 is 26.0 Å². The molecule has 1 aliphatic rings. The van der Waals surface area contributed by atoms with Crippen molar-refractivity contribution in [3.05, 3.63) is 81.8 Å². The first-order valence-electron chi connectivity index (χ1n) is 14.5. The minimum atomic E-state index is -3.80. The fourth-order valence-corrected chi connectivity index (χ4v) is 7.63. The van der Waals surface area contributed by atoms with Gasteiger partial charge in [0.25, 0.3) is 5.91 Å². The normalized spacial score (nSPS) is 14.5. The maximum atomic E-state index is 13.5. The molecule has 0 aliphatic carbocycles. The van der Waals surface area contributed by atoms with Crippen LogP contribution in [0, 0.1) is 0 Å². The molecule has 0 bridgehead atoms. The Morgan fingerprint density at radius 2 is 1.46 bits per heavy atom. The summed E-state index contributed by atoms with van der Waals surface area (Å²) in [5, 5.41) is 3.79. The van der Waals surface area contributed by atoms with Gasteiger partial charge in [0, 0.05) is 87.4 Å². The molecule has 0 atom stereocenters. The quantitative estimate of drug-likeness (QED) is 0.242. The van der Waals surface area contributed by atoms with Gasteiger partial charge < -0.3 is 21.7 Å². The number of carbonyl (C=O) groups is 1. The van der Waals surface area contributed by atoms with E-state index >= 15 is 0 Å². The molecule has 1 amide bonds. The number of hydrogen-bond acceptors (Lipinski definition) is 9. The van der Waals surface area contributed by atoms with Crippen LogP contribution >= 0.6 is 23.2 Å². The number of nitrogens with one attached hydrogen (secondary N) is 1. The summed E-state index contributed by atoms with van der Waals surface area (Å²) < 4.78 is 54.0. The summed E-state index contributed by atoms with van der Waals surface area (Å²) in [5.74, 6) is -0.551. The van der Waals surface area contributed by atoms with Gasteiger partial charge in [0.15, 0.2) is 0 Å². The molecule has 0 aromatic heterocycles. The Hall–Kier alpha value is -2.95. The van der Waals surface area contributed by atoms with E-state index in [2.05, 4.69) is 5.32 Å². The highest BCUT2D eigenvalue weighted by Crippen LogP contribution is 2.29. The Morgan fingerprint density at radius 3 is 2.00 bits per heavy atom. The lowest BCUT2D eigenvalue weighted by molar-refractivity contribution is 0.102. The van der Waals surface area contributed by atoms with Gasteiger partial charge in [0.2, 0.25) is 20.0 Å². The molecule has 1 aliphatic heterocycles. The van der Waals surface area contributed by atoms with Crippen LogP contribution in [-0.2, 0) is 26.6 Å². The molecular weight excluding hydrogens is 673 g/mol. The highest BCUT2D eigenvalue weighted by atomic mass is 35.5. The van der Waals surface area contributed by atoms with E-state index in [0.29, 0.717) is 61.5 Å². The van der Waals surface area contributed by atoms with Crippen molar-refractivity contribution >= 4 is 66.2 Å². The molecule has 1 heterocycles. The summed E-state index contributed by atoms with van der Waals surface area (Å²) in [6.07, 6.45) is 1.05. The van der Waals surface area contributed by atoms with Crippen molar-refractivity contribution in [3.8, 4) is 0 Å². The molecule has 0 saturated carbocycles. The first-order valence-corrected chi connectivity index (χ1v) is 18.6. The predicted molar refractivity (Wildman–Crippen MR) is 185 cm³/mol. The Labute approximate surface area is 280 Å². The fraction of sp³-hybridized carbons (Fsp3) is 0.367. The smallest absolute Gasteiger partial charge is 0.257 e. The number of nitrogens with zero attached hydrogens (tertiary/aromatic N) is 4. The topological polar surface area (TPSA) is 162 Å². The first kappa shape index (κ1) is 35.9. The lowest BCUT2D eigenvalue weighted by atomic mass is 10.1. The molecular formula is C30H39Cl2N7O5S2. The third-order valence-electron chi connectivity index (χ3n) is 7.64. The number of hydrogen-bond donors (Lipinski definition) is 3. The Bertz CT molecular complexity index is 1730. The molecule has 1 fully saturated rings. The summed E-state index contributed by atoms with van der Waals surface area (Å²) in [5.41, 5.74) is 13.8. The van der Waals surface area contributed by atoms with Gasteiger partial charge in [-0.3, -0.25) is 14.0 Å². The second kappa shape index (κ2) is 15.3. The van der Waals surface area contributed by atoms with E-state index in [-0.39, 0.29) is 29.2 Å². The van der Waals surface area contributed by atoms with Crippen molar-refractivity contribution in [2.24, 2.45) is 11.5 Å². The summed E-state index contributed by atoms with van der Waals surface area (Å²) in [6.45, 7) is 4.00. The van der Waals surface area contributed by atoms with Crippen LogP contribution in [0.15, 0.2) is 65.6 Å². The Morgan fingerprint density at radius 1 is 0.870 bits per heavy atom. The molecule has 16 heteroatoms. The zero-order valence-electron chi connectivity index (χ0n) is 25.7. The molecule has 4 rings (SSSR count). The molecule has 1 saturated heterocycles. The van der Waals surface area contributed by atoms with Crippen molar-refractivity contribution in [1.29, 1.82) is 0 Å². The Kier molecular flexibility index (Phi) is 11.9. The summed E-state index contributed by atoms with van der Waals surface area (Å²) in [6, 6.07) is 16.1. The lowest BCUT2D eigenvalue weighted by Gasteiger charge is -2.35. The number of nitrogens with two attached hydrogens (primary N) is 2. The van der Waals surface area contributed by atoms with Crippen molar-refractivity contribution in [3.63, 3.8) is 0 Å². The number of halogens is 2. The van der Waals surface area contributed by atoms with Crippen LogP contribution < -0.4 is 26.0 Å². The van der Waals surface area contributed by atoms with Gasteiger partial charge in [-0.2, -0.15) is 4.31 Å². The maximum Gasteiger partial charge on any atom is 0.257 e. The van der Waals surface area contributed by atoms with Gasteiger partial charge in [-0.15, -0.1) is 0 Å². The molecule has 3 aromatic carbocycles. The van der Waals surface area contributed by atoms with Crippen LogP contribution in [0.5, 0.6) is 0 Å². The third kappa shape index (κ3) is 8.89. The van der Waals surface area contributed by atoms with Crippen LogP contribution in [0.2, 0.25) is 10.0 Å². The highest BCUT2D eigenvalue weighted by Gasteiger charge is 2.29. The lowest BCUT2D eigenvalue weighted by Crippen LogP contribution is -2.48. The minimum absolute atomic E-state index is 0.0872. The van der Waals surface area contributed by atoms with E-state index in [4.69, 9.17) is 34.7 Å². The molecule has 46 heavy (non-hydrogen) atoms. The zero-order chi connectivity index (χ0) is 33.6. The second-order valence-corrected chi connectivity index (χ2v) is 15.8. The van der Waals surface area contributed by atoms with Crippen LogP contribution in [0.4, 0.5) is 17.1 Å². The van der Waals surface area contributed by atoms with Gasteiger partial charge in [-0.1, -0.05) is 29.3 Å². The predicted octanol–water partition coefficient (Wildman–Crippen LogP) is 2.87. The standard InChI is InChI=1S/C30H39Cl2N7O5S2/c1-36(45(2,41)42)29-8-3-22(21-37(11-9-33)12-10-34)17-28(29)30(40)35-25-4-6-27(7-5-25)46(43,44)39-15-13-38(14-16-39)26-19-23(31)18-24(32)20-26/h3-8,17-20H,9-16,21,33-34H2,1-2H3,(H,35,40). The fourth-order valence-electron chi connectivity index (χ4n) is 5.18. The van der Waals surface area contributed by atoms with Gasteiger partial charge in [-0.05, 0) is 60.2 Å². The average molecular weight is 713 g/mol. The molecule has 0 spiro atoms. The zero-order valence-corrected chi connectivity index (χ0v) is 28.8. The molecule has 12 nitrogen and oxygen atoms in total. The molecule has 3 aromatic rings. The van der Waals surface area contributed by atoms with Crippen molar-refractivity contribution < 1.29 is 21.6 Å². The molecule has 0 unspecified atom stereocenters. The SMILES string of the molecule is CN(c1ccc(CN(CCN)CCN)cc1C(=O)Nc1ccc(S(=O)(=O)N2CCN(c3cc(Cl)cc(Cl)c3)CC2)cc1)S(C)(=O)=O. The summed E-state index contributed by atoms with van der Waals surface area (Å²) in [4.78, 5) is 17.7. The third-order valence-corrected chi connectivity index (χ3v) is 11.2. The van der Waals surface area contributed by atoms with Crippen LogP contribution in [0.3, 0.4) is 0 Å². The van der Waals surface area contributed by atoms with Crippen molar-refractivity contribution in [1.82, 2.24) is 9.21 Å². The second-order valence-electron chi connectivity index (χ2n) is 10.9. The van der Waals surface area contributed by atoms with E-state index in [1.165, 1.54) is 35.6 Å². The van der Waals surface area contributed by atoms with Gasteiger partial charge in [0.05, 0.1) is 22.4 Å². The number of rotatable bonds is 13. The number of anilines is 3. The largest absolute Gasteiger partial charge is 0.369 e. The number of piperazine rings is 1. The van der Waals surface area contributed by atoms with E-state index in [0.717, 1.165) is 21.8 Å². The van der Waals surface area contributed by atoms with Crippen molar-refractivity contribution in [2.45, 2.75) is 11.4 Å². The monoisotopic (exact) mass is 711 g/mol. The maximum absolute atomic E-state index is 13.5. The van der Waals surface area contributed by atoms with Gasteiger partial charge >= 0.3 is 0 Å². The average Bonchev–Trinajstić information content (AvgIpc) is 3.00. The molecule has 5 N–H and O–H groups in total. The van der Waals surface area contributed by atoms with E-state index in [9.17, 15) is 21.6 Å². The van der Waals surface area contributed by atoms with Gasteiger partial charge in [-0.25, -0.2) is 16.8 Å². The number of sulfonamides is 2. The van der Waals surface area contributed by atoms with E-state index in [1.54, 1.807) is 36.4 Å². The van der Waals surface area contributed by atoms with Crippen LogP contribution in [0.1, 0.15) is 15.9 Å². The molecule has 0 radical (unpaired) electrons. The van der Waals surface area contributed by atoms with Crippen molar-refractivity contribution in [2.75, 3.05) is 80.2 Å². The number of benzene rings is 3. The number of carbonyl (C=O) groups excluding carboxylic acids is 1. The summed E-state index contributed by atoms with van der Waals surface area (Å²) in [7, 11) is -6.09. The summed E-state index contributed by atoms with van der Waals surface area (Å²) >= 11 is 12.3. The molecule has 250 valence electrons. The highest BCUT2D eigenvalue weighted by molar-refractivity contribution is 7.92. The van der Waals surface area contributed by atoms with Crippen LogP contribution in [-0.4, -0.2) is 97.6 Å². The first-order chi connectivity index (χ1) is 21.7. The minimum Gasteiger partial charge on any atom is -0.369 e.